The second kappa shape index (κ2) is 4.13. The minimum Gasteiger partial charge on any atom is -0.179 e. The van der Waals surface area contributed by atoms with Gasteiger partial charge in [-0.25, -0.2) is 0 Å². The van der Waals surface area contributed by atoms with Crippen LogP contribution in [0, 0.1) is 6.07 Å². The van der Waals surface area contributed by atoms with Gasteiger partial charge in [-0.3, -0.25) is 0 Å². The first-order valence-electron chi connectivity index (χ1n) is 4.98. The fourth-order valence-corrected chi connectivity index (χ4v) is 2.32. The van der Waals surface area contributed by atoms with Gasteiger partial charge in [-0.15, -0.1) is 11.1 Å². The van der Waals surface area contributed by atoms with E-state index in [1.807, 2.05) is 6.07 Å². The van der Waals surface area contributed by atoms with E-state index in [0.717, 1.165) is 0 Å². The van der Waals surface area contributed by atoms with Crippen LogP contribution in [-0.2, 0) is 0 Å². The molecule has 68 valence electrons. The summed E-state index contributed by atoms with van der Waals surface area (Å²) < 4.78 is 0. The molecule has 0 nitrogen and oxygen atoms in total. The molecule has 15 heavy (non-hydrogen) atoms. The number of hydrogen-bond acceptors (Lipinski definition) is 0. The summed E-state index contributed by atoms with van der Waals surface area (Å²) in [6.45, 7) is 2.25. The molecule has 3 rings (SSSR count). The third-order valence-corrected chi connectivity index (χ3v) is 3.04. The molecule has 2 aromatic rings. The number of rotatable bonds is 0. The summed E-state index contributed by atoms with van der Waals surface area (Å²) in [4.78, 5) is 0. The fraction of sp³-hybridized carbons (Fsp3) is 0.143. The first kappa shape index (κ1) is 10.9. The smallest absolute Gasteiger partial charge is 0.179 e. The van der Waals surface area contributed by atoms with Crippen molar-refractivity contribution in [3.8, 4) is 11.1 Å². The average Bonchev–Trinajstić information content (AvgIpc) is 2.55. The Labute approximate surface area is 113 Å². The van der Waals surface area contributed by atoms with Gasteiger partial charge in [-0.2, -0.15) is 24.3 Å². The molecule has 2 aromatic carbocycles. The van der Waals surface area contributed by atoms with E-state index in [4.69, 9.17) is 0 Å². The van der Waals surface area contributed by atoms with Crippen LogP contribution >= 0.6 is 0 Å². The zero-order chi connectivity index (χ0) is 9.54. The molecule has 1 heteroatoms. The monoisotopic (exact) mass is 202 g/mol. The Bertz CT molecular complexity index is 443. The standard InChI is InChI=1S/C14H11.Na/c1-10-11-6-2-4-8-13(11)14-9-5-3-7-12(10)14;/h2-6,8-10H,1H3;/q-1;+1. The minimum atomic E-state index is 0. The van der Waals surface area contributed by atoms with Crippen LogP contribution in [0.1, 0.15) is 24.0 Å². The molecular formula is C14H11Na. The molecule has 0 aliphatic heterocycles. The van der Waals surface area contributed by atoms with Crippen LogP contribution in [0.15, 0.2) is 42.5 Å². The summed E-state index contributed by atoms with van der Waals surface area (Å²) in [5, 5.41) is 0. The SMILES string of the molecule is CC1c2[c-]cccc2-c2ccccc21.[Na+]. The summed E-state index contributed by atoms with van der Waals surface area (Å²) >= 11 is 0. The third-order valence-electron chi connectivity index (χ3n) is 3.04. The molecule has 0 N–H and O–H groups in total. The van der Waals surface area contributed by atoms with Crippen molar-refractivity contribution in [2.45, 2.75) is 12.8 Å². The van der Waals surface area contributed by atoms with Crippen molar-refractivity contribution in [1.82, 2.24) is 0 Å². The Hall–Kier alpha value is -0.560. The maximum atomic E-state index is 3.35. The van der Waals surface area contributed by atoms with Gasteiger partial charge in [-0.1, -0.05) is 36.8 Å². The van der Waals surface area contributed by atoms with E-state index in [-0.39, 0.29) is 29.6 Å². The molecule has 1 atom stereocenters. The van der Waals surface area contributed by atoms with Crippen LogP contribution in [0.2, 0.25) is 0 Å². The Morgan fingerprint density at radius 2 is 1.73 bits per heavy atom. The molecule has 0 saturated carbocycles. The molecule has 0 bridgehead atoms. The molecule has 0 heterocycles. The van der Waals surface area contributed by atoms with Gasteiger partial charge in [0.2, 0.25) is 0 Å². The Morgan fingerprint density at radius 3 is 2.60 bits per heavy atom. The van der Waals surface area contributed by atoms with E-state index in [0.29, 0.717) is 5.92 Å². The van der Waals surface area contributed by atoms with Crippen molar-refractivity contribution in [3.63, 3.8) is 0 Å². The van der Waals surface area contributed by atoms with Gasteiger partial charge in [0.1, 0.15) is 0 Å². The van der Waals surface area contributed by atoms with Crippen molar-refractivity contribution in [1.29, 1.82) is 0 Å². The molecule has 0 spiro atoms. The summed E-state index contributed by atoms with van der Waals surface area (Å²) in [6.07, 6.45) is 0. The Kier molecular flexibility index (Phi) is 3.01. The summed E-state index contributed by atoms with van der Waals surface area (Å²) in [6, 6.07) is 18.2. The number of benzene rings is 2. The van der Waals surface area contributed by atoms with Gasteiger partial charge in [-0.05, 0) is 11.5 Å². The topological polar surface area (TPSA) is 0 Å². The summed E-state index contributed by atoms with van der Waals surface area (Å²) in [7, 11) is 0. The molecule has 1 aliphatic rings. The maximum Gasteiger partial charge on any atom is 1.00 e. The van der Waals surface area contributed by atoms with Crippen LogP contribution < -0.4 is 29.6 Å². The van der Waals surface area contributed by atoms with E-state index in [9.17, 15) is 0 Å². The van der Waals surface area contributed by atoms with E-state index >= 15 is 0 Å². The van der Waals surface area contributed by atoms with Crippen molar-refractivity contribution < 1.29 is 29.6 Å². The zero-order valence-electron chi connectivity index (χ0n) is 9.12. The number of fused-ring (bicyclic) bond motifs is 3. The second-order valence-electron chi connectivity index (χ2n) is 3.81. The van der Waals surface area contributed by atoms with Crippen LogP contribution in [0.25, 0.3) is 11.1 Å². The molecule has 0 amide bonds. The summed E-state index contributed by atoms with van der Waals surface area (Å²) in [5.41, 5.74) is 5.51. The summed E-state index contributed by atoms with van der Waals surface area (Å²) in [5.74, 6) is 0.502. The van der Waals surface area contributed by atoms with Gasteiger partial charge < -0.3 is 0 Å². The zero-order valence-corrected chi connectivity index (χ0v) is 11.1. The van der Waals surface area contributed by atoms with Gasteiger partial charge in [0, 0.05) is 0 Å². The minimum absolute atomic E-state index is 0. The van der Waals surface area contributed by atoms with Gasteiger partial charge in [0.15, 0.2) is 0 Å². The number of hydrogen-bond donors (Lipinski definition) is 0. The Morgan fingerprint density at radius 1 is 1.00 bits per heavy atom. The van der Waals surface area contributed by atoms with Gasteiger partial charge in [0.05, 0.1) is 0 Å². The average molecular weight is 202 g/mol. The fourth-order valence-electron chi connectivity index (χ4n) is 2.32. The van der Waals surface area contributed by atoms with Crippen LogP contribution in [0.3, 0.4) is 0 Å². The molecular weight excluding hydrogens is 191 g/mol. The predicted molar refractivity (Wildman–Crippen MR) is 58.2 cm³/mol. The van der Waals surface area contributed by atoms with Crippen molar-refractivity contribution in [3.05, 3.63) is 59.7 Å². The van der Waals surface area contributed by atoms with Gasteiger partial charge >= 0.3 is 29.6 Å². The normalized spacial score (nSPS) is 16.5. The second-order valence-corrected chi connectivity index (χ2v) is 3.81. The molecule has 0 aromatic heterocycles. The molecule has 0 radical (unpaired) electrons. The molecule has 1 unspecified atom stereocenters. The molecule has 0 saturated heterocycles. The van der Waals surface area contributed by atoms with E-state index in [2.05, 4.69) is 49.4 Å². The van der Waals surface area contributed by atoms with Crippen molar-refractivity contribution in [2.75, 3.05) is 0 Å². The van der Waals surface area contributed by atoms with Crippen LogP contribution in [-0.4, -0.2) is 0 Å². The maximum absolute atomic E-state index is 3.35. The third kappa shape index (κ3) is 1.57. The first-order chi connectivity index (χ1) is 6.88. The van der Waals surface area contributed by atoms with Crippen LogP contribution in [0.4, 0.5) is 0 Å². The molecule has 0 fully saturated rings. The van der Waals surface area contributed by atoms with Gasteiger partial charge in [0.25, 0.3) is 0 Å². The molecule has 1 aliphatic carbocycles. The van der Waals surface area contributed by atoms with E-state index in [1.165, 1.54) is 22.3 Å². The van der Waals surface area contributed by atoms with Crippen molar-refractivity contribution >= 4 is 0 Å². The first-order valence-corrected chi connectivity index (χ1v) is 4.98. The van der Waals surface area contributed by atoms with E-state index < -0.39 is 0 Å². The predicted octanol–water partition coefficient (Wildman–Crippen LogP) is 0.623. The Balaban J connectivity index is 0.000000853. The van der Waals surface area contributed by atoms with E-state index in [1.54, 1.807) is 0 Å². The quantitative estimate of drug-likeness (QED) is 0.434. The van der Waals surface area contributed by atoms with Crippen molar-refractivity contribution in [2.24, 2.45) is 0 Å². The largest absolute Gasteiger partial charge is 1.00 e. The van der Waals surface area contributed by atoms with Crippen LogP contribution in [0.5, 0.6) is 0 Å².